The van der Waals surface area contributed by atoms with Crippen LogP contribution in [0.4, 0.5) is 0 Å². The number of esters is 1. The van der Waals surface area contributed by atoms with E-state index in [1.807, 2.05) is 24.3 Å². The molecule has 0 saturated carbocycles. The predicted molar refractivity (Wildman–Crippen MR) is 192 cm³/mol. The van der Waals surface area contributed by atoms with Crippen LogP contribution in [0.5, 0.6) is 5.75 Å². The van der Waals surface area contributed by atoms with Gasteiger partial charge in [-0.05, 0) is 74.4 Å². The molecule has 2 aliphatic heterocycles. The molecule has 1 unspecified atom stereocenters. The summed E-state index contributed by atoms with van der Waals surface area (Å²) in [4.78, 5) is 18.2. The highest BCUT2D eigenvalue weighted by molar-refractivity contribution is 6.74. The first kappa shape index (κ1) is 39.4. The third kappa shape index (κ3) is 10.5. The number of oxime groups is 1. The summed E-state index contributed by atoms with van der Waals surface area (Å²) in [6, 6.07) is 7.90. The first-order valence-corrected chi connectivity index (χ1v) is 23.3. The molecule has 9 nitrogen and oxygen atoms in total. The van der Waals surface area contributed by atoms with E-state index in [2.05, 4.69) is 86.0 Å². The van der Waals surface area contributed by atoms with Crippen molar-refractivity contribution >= 4 is 28.3 Å². The molecule has 1 aromatic carbocycles. The Hall–Kier alpha value is -2.03. The zero-order valence-electron chi connectivity index (χ0n) is 31.2. The Morgan fingerprint density at radius 1 is 1.11 bits per heavy atom. The van der Waals surface area contributed by atoms with Crippen LogP contribution in [-0.4, -0.2) is 78.7 Å². The molecular formula is C36H61NO8Si2. The minimum absolute atomic E-state index is 0.0738. The average Bonchev–Trinajstić information content (AvgIpc) is 3.44. The molecule has 47 heavy (non-hydrogen) atoms. The van der Waals surface area contributed by atoms with E-state index in [1.54, 1.807) is 7.11 Å². The highest BCUT2D eigenvalue weighted by atomic mass is 28.4. The van der Waals surface area contributed by atoms with Crippen molar-refractivity contribution in [2.75, 3.05) is 20.3 Å². The predicted octanol–water partition coefficient (Wildman–Crippen LogP) is 7.91. The minimum Gasteiger partial charge on any atom is -0.497 e. The molecule has 0 aromatic heterocycles. The summed E-state index contributed by atoms with van der Waals surface area (Å²) < 4.78 is 38.2. The van der Waals surface area contributed by atoms with Crippen molar-refractivity contribution in [2.24, 2.45) is 17.0 Å². The third-order valence-electron chi connectivity index (χ3n) is 9.66. The molecule has 1 saturated heterocycles. The molecule has 3 rings (SSSR count). The molecule has 0 aliphatic carbocycles. The van der Waals surface area contributed by atoms with E-state index in [9.17, 15) is 4.79 Å². The van der Waals surface area contributed by atoms with Crippen LogP contribution in [0.3, 0.4) is 0 Å². The van der Waals surface area contributed by atoms with Gasteiger partial charge in [0.1, 0.15) is 11.4 Å². The SMILES string of the molecule is C=C(C1CC(CC)=NO1)[C@@H](O[Si](C)(C)C)[C@H](COC(C)=O)[C@H](O[Si](C)(C)C(C)(C)C)[C@@]1(C)O[C@@H]1[C@@H](C)COCc1ccc(OC)cc1. The lowest BCUT2D eigenvalue weighted by molar-refractivity contribution is -0.145. The van der Waals surface area contributed by atoms with Crippen molar-refractivity contribution in [3.8, 4) is 5.75 Å². The molecule has 2 aliphatic rings. The highest BCUT2D eigenvalue weighted by Gasteiger charge is 2.64. The van der Waals surface area contributed by atoms with Gasteiger partial charge in [-0.3, -0.25) is 4.79 Å². The van der Waals surface area contributed by atoms with Gasteiger partial charge >= 0.3 is 5.97 Å². The second-order valence-electron chi connectivity index (χ2n) is 15.9. The first-order chi connectivity index (χ1) is 21.7. The molecule has 0 spiro atoms. The van der Waals surface area contributed by atoms with E-state index in [-0.39, 0.29) is 35.7 Å². The zero-order valence-corrected chi connectivity index (χ0v) is 33.2. The molecule has 1 aromatic rings. The number of carbonyl (C=O) groups excluding carboxylic acids is 1. The molecule has 1 fully saturated rings. The molecule has 7 atom stereocenters. The summed E-state index contributed by atoms with van der Waals surface area (Å²) in [5, 5.41) is 4.24. The molecule has 0 N–H and O–H groups in total. The fraction of sp³-hybridized carbons (Fsp3) is 0.722. The van der Waals surface area contributed by atoms with E-state index in [1.165, 1.54) is 6.92 Å². The van der Waals surface area contributed by atoms with E-state index in [0.717, 1.165) is 29.0 Å². The monoisotopic (exact) mass is 691 g/mol. The lowest BCUT2D eigenvalue weighted by Crippen LogP contribution is -2.56. The Kier molecular flexibility index (Phi) is 13.1. The Morgan fingerprint density at radius 2 is 1.74 bits per heavy atom. The number of hydrogen-bond donors (Lipinski definition) is 0. The summed E-state index contributed by atoms with van der Waals surface area (Å²) in [5.41, 5.74) is 2.19. The lowest BCUT2D eigenvalue weighted by atomic mass is 9.80. The topological polar surface area (TPSA) is 97.3 Å². The first-order valence-electron chi connectivity index (χ1n) is 17.0. The quantitative estimate of drug-likeness (QED) is 0.0664. The standard InChI is InChI=1S/C36H61NO8Si2/c1-15-28-20-31(43-37-28)25(3)32(44-46(10,11)12)30(23-41-26(4)38)34(45-47(13,14)35(5,6)7)36(8)33(42-36)24(2)21-40-22-27-16-18-29(39-9)19-17-27/h16-19,24,30-34H,3,15,20-23H2,1-2,4-14H3/t24-,30-,31?,32+,33+,34-,36-/m0/s1. The molecule has 0 bridgehead atoms. The van der Waals surface area contributed by atoms with Gasteiger partial charge in [0.25, 0.3) is 0 Å². The van der Waals surface area contributed by atoms with Crippen LogP contribution in [0.1, 0.15) is 66.9 Å². The summed E-state index contributed by atoms with van der Waals surface area (Å²) in [6.45, 7) is 31.1. The van der Waals surface area contributed by atoms with Crippen LogP contribution in [-0.2, 0) is 39.3 Å². The maximum absolute atomic E-state index is 12.3. The van der Waals surface area contributed by atoms with E-state index >= 15 is 0 Å². The van der Waals surface area contributed by atoms with Gasteiger partial charge in [-0.2, -0.15) is 0 Å². The van der Waals surface area contributed by atoms with Crippen LogP contribution < -0.4 is 4.74 Å². The summed E-state index contributed by atoms with van der Waals surface area (Å²) in [6.07, 6.45) is 0.0514. The Labute approximate surface area is 285 Å². The maximum Gasteiger partial charge on any atom is 0.302 e. The largest absolute Gasteiger partial charge is 0.497 e. The van der Waals surface area contributed by atoms with E-state index < -0.39 is 40.4 Å². The normalized spacial score (nSPS) is 24.1. The van der Waals surface area contributed by atoms with Crippen LogP contribution in [0.15, 0.2) is 41.6 Å². The molecule has 11 heteroatoms. The summed E-state index contributed by atoms with van der Waals surface area (Å²) >= 11 is 0. The molecule has 2 heterocycles. The number of nitrogens with zero attached hydrogens (tertiary/aromatic N) is 1. The van der Waals surface area contributed by atoms with Gasteiger partial charge in [0.2, 0.25) is 0 Å². The number of ether oxygens (including phenoxy) is 4. The Bertz CT molecular complexity index is 1240. The van der Waals surface area contributed by atoms with Gasteiger partial charge < -0.3 is 32.6 Å². The number of methoxy groups -OCH3 is 1. The van der Waals surface area contributed by atoms with Crippen LogP contribution in [0.2, 0.25) is 37.8 Å². The van der Waals surface area contributed by atoms with Gasteiger partial charge in [0.15, 0.2) is 22.7 Å². The second kappa shape index (κ2) is 15.7. The van der Waals surface area contributed by atoms with Crippen molar-refractivity contribution in [1.29, 1.82) is 0 Å². The minimum atomic E-state index is -2.38. The van der Waals surface area contributed by atoms with Gasteiger partial charge in [-0.1, -0.05) is 58.5 Å². The number of carbonyl (C=O) groups is 1. The fourth-order valence-electron chi connectivity index (χ4n) is 5.83. The van der Waals surface area contributed by atoms with Crippen molar-refractivity contribution in [1.82, 2.24) is 0 Å². The van der Waals surface area contributed by atoms with E-state index in [0.29, 0.717) is 19.6 Å². The van der Waals surface area contributed by atoms with Crippen molar-refractivity contribution in [3.63, 3.8) is 0 Å². The van der Waals surface area contributed by atoms with Crippen molar-refractivity contribution in [2.45, 2.75) is 136 Å². The molecule has 266 valence electrons. The maximum atomic E-state index is 12.3. The van der Waals surface area contributed by atoms with Crippen LogP contribution >= 0.6 is 0 Å². The van der Waals surface area contributed by atoms with Gasteiger partial charge in [0, 0.05) is 19.3 Å². The Morgan fingerprint density at radius 3 is 2.26 bits per heavy atom. The number of rotatable bonds is 18. The fourth-order valence-corrected chi connectivity index (χ4v) is 8.31. The number of hydrogen-bond acceptors (Lipinski definition) is 9. The molecular weight excluding hydrogens is 631 g/mol. The summed E-state index contributed by atoms with van der Waals surface area (Å²) in [7, 11) is -2.88. The molecule has 0 amide bonds. The van der Waals surface area contributed by atoms with Gasteiger partial charge in [-0.15, -0.1) is 0 Å². The van der Waals surface area contributed by atoms with Crippen LogP contribution in [0, 0.1) is 11.8 Å². The van der Waals surface area contributed by atoms with Gasteiger partial charge in [-0.25, -0.2) is 0 Å². The van der Waals surface area contributed by atoms with E-state index in [4.69, 9.17) is 32.6 Å². The number of benzene rings is 1. The van der Waals surface area contributed by atoms with Crippen LogP contribution in [0.25, 0.3) is 0 Å². The Balaban J connectivity index is 1.96. The van der Waals surface area contributed by atoms with Crippen molar-refractivity contribution in [3.05, 3.63) is 42.0 Å². The second-order valence-corrected chi connectivity index (χ2v) is 25.1. The number of epoxide rings is 1. The average molecular weight is 692 g/mol. The summed E-state index contributed by atoms with van der Waals surface area (Å²) in [5.74, 6) is 0.142. The van der Waals surface area contributed by atoms with Crippen molar-refractivity contribution < 1.29 is 37.4 Å². The smallest absolute Gasteiger partial charge is 0.302 e. The third-order valence-corrected chi connectivity index (χ3v) is 15.1. The molecule has 0 radical (unpaired) electrons. The lowest BCUT2D eigenvalue weighted by Gasteiger charge is -2.46. The zero-order chi connectivity index (χ0) is 35.4. The van der Waals surface area contributed by atoms with Gasteiger partial charge in [0.05, 0.1) is 56.9 Å². The highest BCUT2D eigenvalue weighted by Crippen LogP contribution is 2.51.